The molecular formula is C15H32O3S. The second kappa shape index (κ2) is 11.7. The Morgan fingerprint density at radius 1 is 0.789 bits per heavy atom. The average molecular weight is 292 g/mol. The van der Waals surface area contributed by atoms with Gasteiger partial charge in [-0.25, -0.2) is 0 Å². The van der Waals surface area contributed by atoms with Gasteiger partial charge in [0, 0.05) is 0 Å². The molecule has 0 radical (unpaired) electrons. The van der Waals surface area contributed by atoms with E-state index in [1.807, 2.05) is 6.92 Å². The van der Waals surface area contributed by atoms with Crippen molar-refractivity contribution in [3.05, 3.63) is 0 Å². The van der Waals surface area contributed by atoms with E-state index < -0.39 is 15.4 Å². The first kappa shape index (κ1) is 18.9. The van der Waals surface area contributed by atoms with E-state index in [2.05, 4.69) is 6.92 Å². The molecule has 1 unspecified atom stereocenters. The van der Waals surface area contributed by atoms with Gasteiger partial charge in [0.2, 0.25) is 0 Å². The fourth-order valence-corrected chi connectivity index (χ4v) is 3.31. The molecule has 0 fully saturated rings. The van der Waals surface area contributed by atoms with Crippen molar-refractivity contribution in [1.82, 2.24) is 0 Å². The normalized spacial score (nSPS) is 13.6. The van der Waals surface area contributed by atoms with Crippen LogP contribution < -0.4 is 0 Å². The van der Waals surface area contributed by atoms with Crippen LogP contribution in [0.25, 0.3) is 0 Å². The molecule has 1 atom stereocenters. The number of unbranched alkanes of at least 4 members (excludes halogenated alkanes) is 9. The van der Waals surface area contributed by atoms with E-state index in [1.54, 1.807) is 0 Å². The molecule has 0 saturated heterocycles. The fraction of sp³-hybridized carbons (Fsp3) is 1.00. The van der Waals surface area contributed by atoms with Crippen molar-refractivity contribution < 1.29 is 13.0 Å². The van der Waals surface area contributed by atoms with Crippen LogP contribution in [0.15, 0.2) is 0 Å². The highest BCUT2D eigenvalue weighted by atomic mass is 32.2. The molecule has 0 bridgehead atoms. The third-order valence-corrected chi connectivity index (χ3v) is 5.17. The van der Waals surface area contributed by atoms with Crippen molar-refractivity contribution in [1.29, 1.82) is 0 Å². The van der Waals surface area contributed by atoms with Crippen molar-refractivity contribution in [2.24, 2.45) is 0 Å². The van der Waals surface area contributed by atoms with Crippen molar-refractivity contribution in [3.63, 3.8) is 0 Å². The van der Waals surface area contributed by atoms with E-state index >= 15 is 0 Å². The zero-order valence-electron chi connectivity index (χ0n) is 12.7. The van der Waals surface area contributed by atoms with Crippen molar-refractivity contribution in [2.45, 2.75) is 96.1 Å². The first-order valence-corrected chi connectivity index (χ1v) is 9.49. The van der Waals surface area contributed by atoms with E-state index in [-0.39, 0.29) is 0 Å². The Morgan fingerprint density at radius 3 is 1.58 bits per heavy atom. The molecule has 0 aromatic rings. The van der Waals surface area contributed by atoms with Crippen LogP contribution in [0.5, 0.6) is 0 Å². The maximum atomic E-state index is 11.0. The molecule has 0 aliphatic carbocycles. The van der Waals surface area contributed by atoms with Gasteiger partial charge in [0.25, 0.3) is 10.1 Å². The lowest BCUT2D eigenvalue weighted by Crippen LogP contribution is -2.19. The highest BCUT2D eigenvalue weighted by Gasteiger charge is 2.19. The Labute approximate surface area is 119 Å². The third kappa shape index (κ3) is 11.4. The largest absolute Gasteiger partial charge is 0.285 e. The molecule has 0 aromatic carbocycles. The van der Waals surface area contributed by atoms with Gasteiger partial charge < -0.3 is 0 Å². The van der Waals surface area contributed by atoms with Crippen molar-refractivity contribution in [3.8, 4) is 0 Å². The molecule has 0 spiro atoms. The predicted molar refractivity (Wildman–Crippen MR) is 82.1 cm³/mol. The Balaban J connectivity index is 3.35. The summed E-state index contributed by atoms with van der Waals surface area (Å²) in [5.41, 5.74) is 0. The summed E-state index contributed by atoms with van der Waals surface area (Å²) in [5.74, 6) is 0. The van der Waals surface area contributed by atoms with Gasteiger partial charge in [0.05, 0.1) is 5.25 Å². The zero-order valence-corrected chi connectivity index (χ0v) is 13.6. The number of hydrogen-bond acceptors (Lipinski definition) is 2. The van der Waals surface area contributed by atoms with Crippen LogP contribution in [0.4, 0.5) is 0 Å². The monoisotopic (exact) mass is 292 g/mol. The summed E-state index contributed by atoms with van der Waals surface area (Å²) in [6.45, 7) is 4.05. The van der Waals surface area contributed by atoms with Crippen LogP contribution in [0, 0.1) is 0 Å². The standard InChI is InChI=1S/C15H32O3S/c1-3-5-6-7-8-9-10-11-12-13-14-15(4-2)19(16,17)18/h15H,3-14H2,1-2H3,(H,16,17,18). The minimum atomic E-state index is -3.83. The molecule has 1 N–H and O–H groups in total. The predicted octanol–water partition coefficient (Wildman–Crippen LogP) is 4.96. The lowest BCUT2D eigenvalue weighted by Gasteiger charge is -2.10. The van der Waals surface area contributed by atoms with Gasteiger partial charge in [-0.3, -0.25) is 4.55 Å². The third-order valence-electron chi connectivity index (χ3n) is 3.76. The maximum Gasteiger partial charge on any atom is 0.267 e. The van der Waals surface area contributed by atoms with E-state index in [4.69, 9.17) is 4.55 Å². The molecule has 3 nitrogen and oxygen atoms in total. The summed E-state index contributed by atoms with van der Waals surface area (Å²) in [4.78, 5) is 0. The lowest BCUT2D eigenvalue weighted by molar-refractivity contribution is 0.452. The Bertz CT molecular complexity index is 286. The van der Waals surface area contributed by atoms with Gasteiger partial charge >= 0.3 is 0 Å². The minimum Gasteiger partial charge on any atom is -0.285 e. The van der Waals surface area contributed by atoms with Gasteiger partial charge in [-0.05, 0) is 12.8 Å². The maximum absolute atomic E-state index is 11.0. The summed E-state index contributed by atoms with van der Waals surface area (Å²) in [7, 11) is -3.83. The molecule has 116 valence electrons. The van der Waals surface area contributed by atoms with Gasteiger partial charge in [0.15, 0.2) is 0 Å². The van der Waals surface area contributed by atoms with E-state index in [9.17, 15) is 8.42 Å². The Hall–Kier alpha value is -0.0900. The smallest absolute Gasteiger partial charge is 0.267 e. The summed E-state index contributed by atoms with van der Waals surface area (Å²) >= 11 is 0. The molecule has 0 amide bonds. The van der Waals surface area contributed by atoms with Crippen LogP contribution >= 0.6 is 0 Å². The van der Waals surface area contributed by atoms with Crippen LogP contribution in [0.3, 0.4) is 0 Å². The molecule has 0 aliphatic heterocycles. The number of hydrogen-bond donors (Lipinski definition) is 1. The highest BCUT2D eigenvalue weighted by molar-refractivity contribution is 7.86. The molecule has 19 heavy (non-hydrogen) atoms. The van der Waals surface area contributed by atoms with Gasteiger partial charge in [-0.15, -0.1) is 0 Å². The molecular weight excluding hydrogens is 260 g/mol. The summed E-state index contributed by atoms with van der Waals surface area (Å²) < 4.78 is 31.0. The quantitative estimate of drug-likeness (QED) is 0.385. The Morgan fingerprint density at radius 2 is 1.21 bits per heavy atom. The highest BCUT2D eigenvalue weighted by Crippen LogP contribution is 2.15. The van der Waals surface area contributed by atoms with E-state index in [0.717, 1.165) is 12.8 Å². The minimum absolute atomic E-state index is 0.510. The Kier molecular flexibility index (Phi) is 11.7. The molecule has 0 rings (SSSR count). The van der Waals surface area contributed by atoms with Crippen LogP contribution in [-0.2, 0) is 10.1 Å². The topological polar surface area (TPSA) is 54.4 Å². The van der Waals surface area contributed by atoms with Gasteiger partial charge in [-0.2, -0.15) is 8.42 Å². The average Bonchev–Trinajstić information content (AvgIpc) is 2.34. The SMILES string of the molecule is CCCCCCCCCCCCC(CC)S(=O)(=O)O. The number of rotatable bonds is 13. The van der Waals surface area contributed by atoms with Crippen molar-refractivity contribution >= 4 is 10.1 Å². The summed E-state index contributed by atoms with van der Waals surface area (Å²) in [6, 6.07) is 0. The molecule has 0 heterocycles. The van der Waals surface area contributed by atoms with Gasteiger partial charge in [0.1, 0.15) is 0 Å². The molecule has 0 aromatic heterocycles. The van der Waals surface area contributed by atoms with E-state index in [0.29, 0.717) is 12.8 Å². The van der Waals surface area contributed by atoms with Crippen LogP contribution in [0.2, 0.25) is 0 Å². The van der Waals surface area contributed by atoms with E-state index in [1.165, 1.54) is 51.4 Å². The summed E-state index contributed by atoms with van der Waals surface area (Å²) in [6.07, 6.45) is 13.6. The second-order valence-corrected chi connectivity index (χ2v) is 7.21. The van der Waals surface area contributed by atoms with Crippen LogP contribution in [0.1, 0.15) is 90.9 Å². The molecule has 0 saturated carbocycles. The molecule has 4 heteroatoms. The van der Waals surface area contributed by atoms with Gasteiger partial charge in [-0.1, -0.05) is 78.1 Å². The lowest BCUT2D eigenvalue weighted by atomic mass is 10.0. The second-order valence-electron chi connectivity index (χ2n) is 5.52. The first-order chi connectivity index (χ1) is 9.02. The van der Waals surface area contributed by atoms with Crippen molar-refractivity contribution in [2.75, 3.05) is 0 Å². The first-order valence-electron chi connectivity index (χ1n) is 7.98. The fourth-order valence-electron chi connectivity index (χ4n) is 2.42. The zero-order chi connectivity index (χ0) is 14.6. The molecule has 0 aliphatic rings. The van der Waals surface area contributed by atoms with Crippen LogP contribution in [-0.4, -0.2) is 18.2 Å². The summed E-state index contributed by atoms with van der Waals surface area (Å²) in [5, 5.41) is -0.554.